The Hall–Kier alpha value is -0.600. The highest BCUT2D eigenvalue weighted by Crippen LogP contribution is 2.23. The summed E-state index contributed by atoms with van der Waals surface area (Å²) < 4.78 is 13.4. The van der Waals surface area contributed by atoms with Crippen LogP contribution in [0.4, 0.5) is 4.39 Å². The Morgan fingerprint density at radius 3 is 2.41 bits per heavy atom. The van der Waals surface area contributed by atoms with Crippen molar-refractivity contribution in [3.63, 3.8) is 0 Å². The van der Waals surface area contributed by atoms with Crippen molar-refractivity contribution in [3.8, 4) is 0 Å². The molecule has 2 atom stereocenters. The largest absolute Gasteiger partial charge is 0.317 e. The molecule has 1 aromatic rings. The van der Waals surface area contributed by atoms with Crippen LogP contribution in [0.3, 0.4) is 0 Å². The third-order valence-electron chi connectivity index (χ3n) is 3.41. The molecule has 0 aliphatic rings. The first-order valence-electron chi connectivity index (χ1n) is 6.07. The van der Waals surface area contributed by atoms with Crippen LogP contribution in [-0.2, 0) is 6.42 Å². The van der Waals surface area contributed by atoms with Crippen LogP contribution >= 0.6 is 11.6 Å². The molecule has 0 fully saturated rings. The Morgan fingerprint density at radius 2 is 1.94 bits per heavy atom. The lowest BCUT2D eigenvalue weighted by molar-refractivity contribution is 0.300. The summed E-state index contributed by atoms with van der Waals surface area (Å²) in [4.78, 5) is 0. The van der Waals surface area contributed by atoms with Gasteiger partial charge in [-0.1, -0.05) is 31.5 Å². The van der Waals surface area contributed by atoms with Crippen molar-refractivity contribution >= 4 is 11.6 Å². The van der Waals surface area contributed by atoms with Crippen LogP contribution in [0.15, 0.2) is 18.2 Å². The number of benzene rings is 1. The van der Waals surface area contributed by atoms with Crippen molar-refractivity contribution < 1.29 is 4.39 Å². The van der Waals surface area contributed by atoms with Gasteiger partial charge in [0, 0.05) is 6.04 Å². The van der Waals surface area contributed by atoms with E-state index in [0.717, 1.165) is 12.0 Å². The molecule has 1 rings (SSSR count). The monoisotopic (exact) mass is 257 g/mol. The van der Waals surface area contributed by atoms with Gasteiger partial charge >= 0.3 is 0 Å². The Labute approximate surface area is 108 Å². The fourth-order valence-corrected chi connectivity index (χ4v) is 2.26. The van der Waals surface area contributed by atoms with Crippen LogP contribution in [0.25, 0.3) is 0 Å². The summed E-state index contributed by atoms with van der Waals surface area (Å²) in [5.74, 6) is 0.709. The van der Waals surface area contributed by atoms with Gasteiger partial charge in [-0.05, 0) is 49.9 Å². The molecular formula is C14H21ClFN. The second-order valence-electron chi connectivity index (χ2n) is 4.94. The lowest BCUT2D eigenvalue weighted by Gasteiger charge is -2.27. The third kappa shape index (κ3) is 3.97. The van der Waals surface area contributed by atoms with E-state index in [1.165, 1.54) is 0 Å². The van der Waals surface area contributed by atoms with E-state index < -0.39 is 0 Å². The maximum absolute atomic E-state index is 13.4. The van der Waals surface area contributed by atoms with Crippen LogP contribution in [-0.4, -0.2) is 13.1 Å². The normalized spacial score (nSPS) is 15.0. The summed E-state index contributed by atoms with van der Waals surface area (Å²) >= 11 is 5.68. The van der Waals surface area contributed by atoms with Gasteiger partial charge in [0.1, 0.15) is 5.82 Å². The Morgan fingerprint density at radius 1 is 1.29 bits per heavy atom. The molecule has 1 nitrogen and oxygen atoms in total. The first-order chi connectivity index (χ1) is 7.95. The van der Waals surface area contributed by atoms with Gasteiger partial charge in [-0.15, -0.1) is 0 Å². The molecule has 96 valence electrons. The smallest absolute Gasteiger partial charge is 0.142 e. The highest BCUT2D eigenvalue weighted by Gasteiger charge is 2.20. The van der Waals surface area contributed by atoms with Crippen molar-refractivity contribution in [2.24, 2.45) is 11.8 Å². The number of hydrogen-bond donors (Lipinski definition) is 1. The number of hydrogen-bond acceptors (Lipinski definition) is 1. The predicted octanol–water partition coefficient (Wildman–Crippen LogP) is 3.90. The molecule has 1 aromatic carbocycles. The maximum Gasteiger partial charge on any atom is 0.142 e. The van der Waals surface area contributed by atoms with Gasteiger partial charge in [0.25, 0.3) is 0 Å². The van der Waals surface area contributed by atoms with Gasteiger partial charge in [-0.3, -0.25) is 0 Å². The van der Waals surface area contributed by atoms with E-state index in [1.807, 2.05) is 13.1 Å². The molecule has 0 heterocycles. The zero-order valence-corrected chi connectivity index (χ0v) is 11.7. The Balaban J connectivity index is 2.82. The second-order valence-corrected chi connectivity index (χ2v) is 5.35. The molecule has 17 heavy (non-hydrogen) atoms. The van der Waals surface area contributed by atoms with Crippen molar-refractivity contribution in [2.45, 2.75) is 33.2 Å². The summed E-state index contributed by atoms with van der Waals surface area (Å²) in [7, 11) is 1.96. The summed E-state index contributed by atoms with van der Waals surface area (Å²) in [5, 5.41) is 3.46. The minimum absolute atomic E-state index is 0.191. The Kier molecular flexibility index (Phi) is 5.41. The molecule has 2 unspecified atom stereocenters. The van der Waals surface area contributed by atoms with Crippen LogP contribution in [0.2, 0.25) is 5.02 Å². The van der Waals surface area contributed by atoms with Gasteiger partial charge in [0.2, 0.25) is 0 Å². The molecule has 0 saturated carbocycles. The van der Waals surface area contributed by atoms with E-state index in [2.05, 4.69) is 26.1 Å². The van der Waals surface area contributed by atoms with Crippen molar-refractivity contribution in [3.05, 3.63) is 34.6 Å². The molecule has 0 bridgehead atoms. The fourth-order valence-electron chi connectivity index (χ4n) is 2.14. The minimum Gasteiger partial charge on any atom is -0.317 e. The highest BCUT2D eigenvalue weighted by atomic mass is 35.5. The maximum atomic E-state index is 13.4. The summed E-state index contributed by atoms with van der Waals surface area (Å²) in [6.07, 6.45) is 0.869. The van der Waals surface area contributed by atoms with E-state index in [9.17, 15) is 4.39 Å². The van der Waals surface area contributed by atoms with Gasteiger partial charge in [0.15, 0.2) is 0 Å². The molecule has 0 aromatic heterocycles. The molecule has 0 radical (unpaired) electrons. The summed E-state index contributed by atoms with van der Waals surface area (Å²) in [6, 6.07) is 5.49. The van der Waals surface area contributed by atoms with Gasteiger partial charge < -0.3 is 5.32 Å². The zero-order chi connectivity index (χ0) is 13.0. The van der Waals surface area contributed by atoms with Crippen molar-refractivity contribution in [1.82, 2.24) is 5.32 Å². The number of nitrogens with one attached hydrogen (secondary N) is 1. The predicted molar refractivity (Wildman–Crippen MR) is 72.0 cm³/mol. The van der Waals surface area contributed by atoms with Crippen LogP contribution in [0.1, 0.15) is 26.3 Å². The van der Waals surface area contributed by atoms with Gasteiger partial charge in [-0.25, -0.2) is 4.39 Å². The summed E-state index contributed by atoms with van der Waals surface area (Å²) in [5.41, 5.74) is 1.01. The topological polar surface area (TPSA) is 12.0 Å². The van der Waals surface area contributed by atoms with Crippen LogP contribution < -0.4 is 5.32 Å². The molecule has 1 N–H and O–H groups in total. The van der Waals surface area contributed by atoms with E-state index in [4.69, 9.17) is 11.6 Å². The fraction of sp³-hybridized carbons (Fsp3) is 0.571. The van der Waals surface area contributed by atoms with E-state index in [-0.39, 0.29) is 10.8 Å². The number of rotatable bonds is 5. The molecule has 0 aliphatic heterocycles. The molecule has 0 amide bonds. The lowest BCUT2D eigenvalue weighted by atomic mass is 9.84. The van der Waals surface area contributed by atoms with Gasteiger partial charge in [-0.2, -0.15) is 0 Å². The quantitative estimate of drug-likeness (QED) is 0.844. The van der Waals surface area contributed by atoms with Gasteiger partial charge in [0.05, 0.1) is 5.02 Å². The molecule has 0 aliphatic carbocycles. The minimum atomic E-state index is -0.330. The van der Waals surface area contributed by atoms with E-state index >= 15 is 0 Å². The third-order valence-corrected chi connectivity index (χ3v) is 3.72. The average Bonchev–Trinajstić information content (AvgIpc) is 2.29. The van der Waals surface area contributed by atoms with Crippen molar-refractivity contribution in [1.29, 1.82) is 0 Å². The van der Waals surface area contributed by atoms with Crippen molar-refractivity contribution in [2.75, 3.05) is 7.05 Å². The molecular weight excluding hydrogens is 237 g/mol. The Bertz CT molecular complexity index is 365. The highest BCUT2D eigenvalue weighted by molar-refractivity contribution is 6.30. The molecule has 0 saturated heterocycles. The standard InChI is InChI=1S/C14H21ClFN/c1-9(2)12(10(3)17-4)7-11-5-6-13(15)14(16)8-11/h5-6,8-10,12,17H,7H2,1-4H3. The van der Waals surface area contributed by atoms with E-state index in [1.54, 1.807) is 12.1 Å². The number of halogens is 2. The van der Waals surface area contributed by atoms with Crippen LogP contribution in [0.5, 0.6) is 0 Å². The van der Waals surface area contributed by atoms with Crippen LogP contribution in [0, 0.1) is 17.7 Å². The second kappa shape index (κ2) is 6.36. The molecule has 0 spiro atoms. The first kappa shape index (κ1) is 14.5. The molecule has 3 heteroatoms. The zero-order valence-electron chi connectivity index (χ0n) is 10.9. The first-order valence-corrected chi connectivity index (χ1v) is 6.44. The van der Waals surface area contributed by atoms with E-state index in [0.29, 0.717) is 17.9 Å². The lowest BCUT2D eigenvalue weighted by Crippen LogP contribution is -2.35. The summed E-state index contributed by atoms with van der Waals surface area (Å²) in [6.45, 7) is 6.56. The average molecular weight is 258 g/mol. The SMILES string of the molecule is CNC(C)C(Cc1ccc(Cl)c(F)c1)C(C)C.